The highest BCUT2D eigenvalue weighted by Crippen LogP contribution is 2.39. The molecule has 1 saturated heterocycles. The number of carbonyl (C=O) groups is 1. The lowest BCUT2D eigenvalue weighted by atomic mass is 10.2. The second kappa shape index (κ2) is 4.91. The average Bonchev–Trinajstić information content (AvgIpc) is 3.07. The summed E-state index contributed by atoms with van der Waals surface area (Å²) < 4.78 is 1.91. The fourth-order valence-corrected chi connectivity index (χ4v) is 2.75. The minimum absolute atomic E-state index is 0.0619. The zero-order valence-corrected chi connectivity index (χ0v) is 11.6. The number of aromatic nitrogens is 5. The predicted molar refractivity (Wildman–Crippen MR) is 73.6 cm³/mol. The van der Waals surface area contributed by atoms with Crippen LogP contribution in [0.1, 0.15) is 47.4 Å². The van der Waals surface area contributed by atoms with Gasteiger partial charge in [0.05, 0.1) is 17.9 Å². The van der Waals surface area contributed by atoms with Crippen molar-refractivity contribution < 1.29 is 4.79 Å². The Balaban J connectivity index is 1.45. The van der Waals surface area contributed by atoms with Crippen molar-refractivity contribution >= 4 is 5.91 Å². The molecule has 0 radical (unpaired) electrons. The smallest absolute Gasteiger partial charge is 0.274 e. The summed E-state index contributed by atoms with van der Waals surface area (Å²) in [4.78, 5) is 22.2. The van der Waals surface area contributed by atoms with Gasteiger partial charge in [-0.15, -0.1) is 5.10 Å². The van der Waals surface area contributed by atoms with Crippen LogP contribution in [0.15, 0.2) is 24.8 Å². The minimum Gasteiger partial charge on any atom is -0.335 e. The molecule has 7 nitrogen and oxygen atoms in total. The van der Waals surface area contributed by atoms with Crippen LogP contribution in [0.5, 0.6) is 0 Å². The van der Waals surface area contributed by atoms with Gasteiger partial charge in [-0.25, -0.2) is 9.67 Å². The van der Waals surface area contributed by atoms with Crippen molar-refractivity contribution in [3.05, 3.63) is 36.2 Å². The monoisotopic (exact) mass is 284 g/mol. The molecule has 2 aromatic heterocycles. The molecule has 1 amide bonds. The first kappa shape index (κ1) is 12.4. The highest BCUT2D eigenvalue weighted by molar-refractivity contribution is 5.92. The maximum atomic E-state index is 12.3. The molecule has 1 aliphatic heterocycles. The maximum Gasteiger partial charge on any atom is 0.274 e. The molecule has 1 saturated carbocycles. The summed E-state index contributed by atoms with van der Waals surface area (Å²) in [6, 6.07) is 0.214. The number of hydrogen-bond donors (Lipinski definition) is 0. The van der Waals surface area contributed by atoms with Gasteiger partial charge in [-0.2, -0.15) is 0 Å². The van der Waals surface area contributed by atoms with Crippen molar-refractivity contribution in [2.45, 2.75) is 31.2 Å². The van der Waals surface area contributed by atoms with E-state index in [0.717, 1.165) is 18.7 Å². The lowest BCUT2D eigenvalue weighted by Gasteiger charge is -2.15. The van der Waals surface area contributed by atoms with Gasteiger partial charge in [-0.1, -0.05) is 5.21 Å². The zero-order chi connectivity index (χ0) is 14.2. The van der Waals surface area contributed by atoms with Crippen molar-refractivity contribution in [1.29, 1.82) is 0 Å². The Labute approximate surface area is 122 Å². The molecule has 2 aliphatic rings. The molecular formula is C14H16N6O. The Morgan fingerprint density at radius 1 is 1.24 bits per heavy atom. The van der Waals surface area contributed by atoms with Crippen LogP contribution in [0.25, 0.3) is 0 Å². The maximum absolute atomic E-state index is 12.3. The summed E-state index contributed by atoms with van der Waals surface area (Å²) in [7, 11) is 0. The third-order valence-corrected chi connectivity index (χ3v) is 4.13. The van der Waals surface area contributed by atoms with Crippen LogP contribution in [-0.2, 0) is 0 Å². The number of carbonyl (C=O) groups excluding carboxylic acids is 1. The Hall–Kier alpha value is -2.31. The first-order valence-electron chi connectivity index (χ1n) is 7.28. The molecule has 0 N–H and O–H groups in total. The summed E-state index contributed by atoms with van der Waals surface area (Å²) in [6.07, 6.45) is 10.0. The molecule has 7 heteroatoms. The van der Waals surface area contributed by atoms with Gasteiger partial charge in [0.2, 0.25) is 0 Å². The van der Waals surface area contributed by atoms with Gasteiger partial charge in [-0.3, -0.25) is 9.78 Å². The first-order valence-corrected chi connectivity index (χ1v) is 7.28. The van der Waals surface area contributed by atoms with E-state index in [-0.39, 0.29) is 11.9 Å². The molecule has 108 valence electrons. The molecular weight excluding hydrogens is 268 g/mol. The Morgan fingerprint density at radius 2 is 2.14 bits per heavy atom. The molecule has 0 aromatic carbocycles. The fourth-order valence-electron chi connectivity index (χ4n) is 2.75. The number of hydrogen-bond acceptors (Lipinski definition) is 5. The quantitative estimate of drug-likeness (QED) is 0.841. The van der Waals surface area contributed by atoms with E-state index in [1.807, 2.05) is 15.8 Å². The molecule has 4 rings (SSSR count). The van der Waals surface area contributed by atoms with Crippen LogP contribution in [-0.4, -0.2) is 48.9 Å². The lowest BCUT2D eigenvalue weighted by molar-refractivity contribution is 0.0780. The Kier molecular flexibility index (Phi) is 2.90. The van der Waals surface area contributed by atoms with Crippen LogP contribution in [0, 0.1) is 0 Å². The van der Waals surface area contributed by atoms with Crippen molar-refractivity contribution in [3.63, 3.8) is 0 Å². The van der Waals surface area contributed by atoms with Gasteiger partial charge in [-0.05, 0) is 19.3 Å². The van der Waals surface area contributed by atoms with E-state index >= 15 is 0 Å². The van der Waals surface area contributed by atoms with Crippen molar-refractivity contribution in [3.8, 4) is 0 Å². The number of rotatable bonds is 3. The molecule has 2 fully saturated rings. The molecule has 2 aromatic rings. The van der Waals surface area contributed by atoms with Gasteiger partial charge < -0.3 is 4.90 Å². The van der Waals surface area contributed by atoms with Crippen LogP contribution >= 0.6 is 0 Å². The van der Waals surface area contributed by atoms with E-state index in [9.17, 15) is 4.79 Å². The second-order valence-electron chi connectivity index (χ2n) is 5.68. The van der Waals surface area contributed by atoms with E-state index in [1.165, 1.54) is 19.0 Å². The van der Waals surface area contributed by atoms with Gasteiger partial charge >= 0.3 is 0 Å². The van der Waals surface area contributed by atoms with E-state index in [2.05, 4.69) is 20.3 Å². The highest BCUT2D eigenvalue weighted by Gasteiger charge is 2.31. The average molecular weight is 284 g/mol. The van der Waals surface area contributed by atoms with Crippen molar-refractivity contribution in [2.75, 3.05) is 13.1 Å². The van der Waals surface area contributed by atoms with Gasteiger partial charge in [0.15, 0.2) is 0 Å². The Bertz CT molecular complexity index is 650. The number of nitrogens with zero attached hydrogens (tertiary/aromatic N) is 6. The van der Waals surface area contributed by atoms with Crippen LogP contribution in [0.4, 0.5) is 0 Å². The van der Waals surface area contributed by atoms with E-state index in [0.29, 0.717) is 18.2 Å². The zero-order valence-electron chi connectivity index (χ0n) is 11.6. The van der Waals surface area contributed by atoms with E-state index < -0.39 is 0 Å². The summed E-state index contributed by atoms with van der Waals surface area (Å²) in [5, 5.41) is 8.46. The molecule has 3 heterocycles. The van der Waals surface area contributed by atoms with Crippen LogP contribution < -0.4 is 0 Å². The molecule has 21 heavy (non-hydrogen) atoms. The minimum atomic E-state index is -0.0619. The van der Waals surface area contributed by atoms with E-state index in [1.54, 1.807) is 12.4 Å². The lowest BCUT2D eigenvalue weighted by Crippen LogP contribution is -2.30. The third-order valence-electron chi connectivity index (χ3n) is 4.13. The second-order valence-corrected chi connectivity index (χ2v) is 5.68. The molecule has 0 bridgehead atoms. The molecule has 1 atom stereocenters. The topological polar surface area (TPSA) is 76.8 Å². The van der Waals surface area contributed by atoms with Gasteiger partial charge in [0.25, 0.3) is 5.91 Å². The van der Waals surface area contributed by atoms with E-state index in [4.69, 9.17) is 0 Å². The molecule has 0 spiro atoms. The molecule has 1 aliphatic carbocycles. The normalized spacial score (nSPS) is 21.7. The molecule has 1 unspecified atom stereocenters. The summed E-state index contributed by atoms with van der Waals surface area (Å²) in [5.74, 6) is 0.547. The summed E-state index contributed by atoms with van der Waals surface area (Å²) >= 11 is 0. The van der Waals surface area contributed by atoms with Gasteiger partial charge in [0.1, 0.15) is 5.69 Å². The summed E-state index contributed by atoms with van der Waals surface area (Å²) in [6.45, 7) is 1.38. The van der Waals surface area contributed by atoms with Gasteiger partial charge in [0, 0.05) is 37.6 Å². The van der Waals surface area contributed by atoms with Crippen molar-refractivity contribution in [1.82, 2.24) is 29.9 Å². The predicted octanol–water partition coefficient (Wildman–Crippen LogP) is 1.03. The SMILES string of the molecule is O=C(c1cnccn1)N1CCC(n2cc(C3CC3)nn2)C1. The van der Waals surface area contributed by atoms with Crippen LogP contribution in [0.2, 0.25) is 0 Å². The standard InChI is InChI=1S/C14H16N6O/c21-14(12-7-15-4-5-16-12)19-6-3-11(8-19)20-9-13(17-18-20)10-1-2-10/h4-5,7,9-11H,1-3,6,8H2. The fraction of sp³-hybridized carbons (Fsp3) is 0.500. The Morgan fingerprint density at radius 3 is 2.90 bits per heavy atom. The largest absolute Gasteiger partial charge is 0.335 e. The summed E-state index contributed by atoms with van der Waals surface area (Å²) in [5.41, 5.74) is 1.49. The van der Waals surface area contributed by atoms with Crippen LogP contribution in [0.3, 0.4) is 0 Å². The number of likely N-dealkylation sites (tertiary alicyclic amines) is 1. The third kappa shape index (κ3) is 2.39. The van der Waals surface area contributed by atoms with Crippen molar-refractivity contribution in [2.24, 2.45) is 0 Å². The number of amides is 1. The first-order chi connectivity index (χ1) is 10.3. The highest BCUT2D eigenvalue weighted by atomic mass is 16.2.